The summed E-state index contributed by atoms with van der Waals surface area (Å²) in [5.41, 5.74) is -0.576. The SMILES string of the molecule is CC(C)(C)OC(=O)N[C@@H]1C[C@@H](CC#N)CC[C@H]1CC(C)(C)[Si](O)(c1ccccc1)c1ccccc1. The van der Waals surface area contributed by atoms with E-state index in [0.717, 1.165) is 36.1 Å². The third-order valence-electron chi connectivity index (χ3n) is 7.32. The van der Waals surface area contributed by atoms with E-state index in [0.29, 0.717) is 6.42 Å². The van der Waals surface area contributed by atoms with Crippen molar-refractivity contribution in [2.75, 3.05) is 0 Å². The lowest BCUT2D eigenvalue weighted by Crippen LogP contribution is -2.66. The van der Waals surface area contributed by atoms with Crippen LogP contribution in [0.15, 0.2) is 60.7 Å². The molecule has 0 aliphatic heterocycles. The summed E-state index contributed by atoms with van der Waals surface area (Å²) < 4.78 is 5.56. The lowest BCUT2D eigenvalue weighted by atomic mass is 9.74. The molecule has 3 rings (SSSR count). The number of ether oxygens (including phenoxy) is 1. The Kier molecular flexibility index (Phi) is 8.45. The van der Waals surface area contributed by atoms with E-state index in [4.69, 9.17) is 4.74 Å². The smallest absolute Gasteiger partial charge is 0.407 e. The number of hydrogen-bond acceptors (Lipinski definition) is 4. The number of alkyl carbamates (subject to hydrolysis) is 1. The lowest BCUT2D eigenvalue weighted by Gasteiger charge is -2.46. The molecule has 0 saturated heterocycles. The Hall–Kier alpha value is -2.62. The first-order valence-electron chi connectivity index (χ1n) is 12.7. The van der Waals surface area contributed by atoms with Crippen LogP contribution in [0.2, 0.25) is 5.04 Å². The zero-order valence-corrected chi connectivity index (χ0v) is 22.8. The van der Waals surface area contributed by atoms with Gasteiger partial charge in [-0.25, -0.2) is 4.79 Å². The Bertz CT molecular complexity index is 972. The van der Waals surface area contributed by atoms with Crippen molar-refractivity contribution in [2.45, 2.75) is 83.4 Å². The van der Waals surface area contributed by atoms with Crippen LogP contribution in [0.4, 0.5) is 4.79 Å². The molecule has 1 amide bonds. The predicted molar refractivity (Wildman–Crippen MR) is 143 cm³/mol. The molecule has 6 heteroatoms. The topological polar surface area (TPSA) is 82.3 Å². The summed E-state index contributed by atoms with van der Waals surface area (Å²) in [7, 11) is -3.15. The van der Waals surface area contributed by atoms with Crippen LogP contribution in [0, 0.1) is 23.2 Å². The van der Waals surface area contributed by atoms with Crippen LogP contribution in [0.25, 0.3) is 0 Å². The van der Waals surface area contributed by atoms with Crippen molar-refractivity contribution in [3.8, 4) is 6.07 Å². The van der Waals surface area contributed by atoms with E-state index in [2.05, 4.69) is 25.2 Å². The summed E-state index contributed by atoms with van der Waals surface area (Å²) in [6.45, 7) is 9.92. The second-order valence-electron chi connectivity index (χ2n) is 11.6. The lowest BCUT2D eigenvalue weighted by molar-refractivity contribution is 0.0445. The van der Waals surface area contributed by atoms with Gasteiger partial charge in [-0.2, -0.15) is 5.26 Å². The molecule has 5 nitrogen and oxygen atoms in total. The number of nitrogens with one attached hydrogen (secondary N) is 1. The summed E-state index contributed by atoms with van der Waals surface area (Å²) >= 11 is 0. The fourth-order valence-electron chi connectivity index (χ4n) is 5.62. The number of hydrogen-bond donors (Lipinski definition) is 2. The monoisotopic (exact) mass is 492 g/mol. The number of carbonyl (C=O) groups excluding carboxylic acids is 1. The van der Waals surface area contributed by atoms with Crippen LogP contribution >= 0.6 is 0 Å². The summed E-state index contributed by atoms with van der Waals surface area (Å²) in [5.74, 6) is 0.442. The Morgan fingerprint density at radius 2 is 1.57 bits per heavy atom. The molecule has 0 heterocycles. The standard InChI is InChI=1S/C29H40N2O3Si/c1-28(2,3)34-27(32)31-26-20-22(18-19-30)16-17-23(26)21-29(4,5)35(33,24-12-8-6-9-13-24)25-14-10-7-11-15-25/h6-15,22-23,26,33H,16-18,20-21H2,1-5H3,(H,31,32)/t22-,23+,26-/m1/s1. The second kappa shape index (κ2) is 11.0. The van der Waals surface area contributed by atoms with Gasteiger partial charge in [0.1, 0.15) is 5.60 Å². The van der Waals surface area contributed by atoms with Crippen molar-refractivity contribution in [3.63, 3.8) is 0 Å². The van der Waals surface area contributed by atoms with Crippen LogP contribution in [0.3, 0.4) is 0 Å². The average Bonchev–Trinajstić information content (AvgIpc) is 2.80. The minimum atomic E-state index is -3.15. The average molecular weight is 493 g/mol. The maximum Gasteiger partial charge on any atom is 0.407 e. The maximum absolute atomic E-state index is 12.7. The Morgan fingerprint density at radius 3 is 2.06 bits per heavy atom. The van der Waals surface area contributed by atoms with Gasteiger partial charge in [0.05, 0.1) is 6.07 Å². The zero-order chi connectivity index (χ0) is 25.7. The third-order valence-corrected chi connectivity index (χ3v) is 11.8. The number of carbonyl (C=O) groups is 1. The van der Waals surface area contributed by atoms with E-state index in [1.54, 1.807) is 0 Å². The normalized spacial score (nSPS) is 21.1. The molecule has 0 spiro atoms. The molecule has 0 unspecified atom stereocenters. The number of nitriles is 1. The highest BCUT2D eigenvalue weighted by molar-refractivity contribution is 6.98. The molecule has 188 valence electrons. The first-order valence-corrected chi connectivity index (χ1v) is 14.6. The third kappa shape index (κ3) is 6.53. The van der Waals surface area contributed by atoms with Gasteiger partial charge in [0.25, 0.3) is 8.32 Å². The van der Waals surface area contributed by atoms with Crippen molar-refractivity contribution >= 4 is 24.8 Å². The highest BCUT2D eigenvalue weighted by Gasteiger charge is 2.51. The summed E-state index contributed by atoms with van der Waals surface area (Å²) in [4.78, 5) is 25.3. The Labute approximate surface area is 211 Å². The quantitative estimate of drug-likeness (QED) is 0.525. The molecule has 1 saturated carbocycles. The summed E-state index contributed by atoms with van der Waals surface area (Å²) in [5, 5.41) is 14.0. The maximum atomic E-state index is 12.7. The van der Waals surface area contributed by atoms with Crippen LogP contribution < -0.4 is 15.7 Å². The van der Waals surface area contributed by atoms with Gasteiger partial charge < -0.3 is 14.8 Å². The van der Waals surface area contributed by atoms with Crippen LogP contribution in [0.1, 0.15) is 66.7 Å². The van der Waals surface area contributed by atoms with E-state index in [-0.39, 0.29) is 17.9 Å². The van der Waals surface area contributed by atoms with E-state index in [9.17, 15) is 14.9 Å². The van der Waals surface area contributed by atoms with Gasteiger partial charge in [0, 0.05) is 12.5 Å². The Morgan fingerprint density at radius 1 is 1.03 bits per heavy atom. The fourth-order valence-corrected chi connectivity index (χ4v) is 9.43. The first-order chi connectivity index (χ1) is 16.5. The molecular weight excluding hydrogens is 452 g/mol. The van der Waals surface area contributed by atoms with Crippen LogP contribution in [-0.2, 0) is 4.74 Å². The number of nitrogens with zero attached hydrogens (tertiary/aromatic N) is 1. The van der Waals surface area contributed by atoms with E-state index >= 15 is 0 Å². The van der Waals surface area contributed by atoms with Gasteiger partial charge in [-0.3, -0.25) is 0 Å². The molecule has 1 fully saturated rings. The van der Waals surface area contributed by atoms with Gasteiger partial charge in [0.15, 0.2) is 0 Å². The van der Waals surface area contributed by atoms with Crippen molar-refractivity contribution < 1.29 is 14.3 Å². The molecule has 2 N–H and O–H groups in total. The van der Waals surface area contributed by atoms with Gasteiger partial charge in [-0.05, 0) is 73.7 Å². The molecule has 2 aromatic rings. The number of benzene rings is 2. The number of rotatable bonds is 7. The molecule has 2 aromatic carbocycles. The van der Waals surface area contributed by atoms with Crippen LogP contribution in [0.5, 0.6) is 0 Å². The van der Waals surface area contributed by atoms with Crippen molar-refractivity contribution in [2.24, 2.45) is 11.8 Å². The molecule has 3 atom stereocenters. The van der Waals surface area contributed by atoms with Crippen molar-refractivity contribution in [1.82, 2.24) is 5.32 Å². The van der Waals surface area contributed by atoms with Gasteiger partial charge in [-0.15, -0.1) is 0 Å². The summed E-state index contributed by atoms with van der Waals surface area (Å²) in [6, 6.07) is 22.3. The molecule has 0 radical (unpaired) electrons. The zero-order valence-electron chi connectivity index (χ0n) is 21.8. The first kappa shape index (κ1) is 27.0. The molecule has 1 aliphatic carbocycles. The van der Waals surface area contributed by atoms with Gasteiger partial charge >= 0.3 is 6.09 Å². The van der Waals surface area contributed by atoms with Crippen molar-refractivity contribution in [1.29, 1.82) is 5.26 Å². The summed E-state index contributed by atoms with van der Waals surface area (Å²) in [6.07, 6.45) is 3.46. The molecular formula is C29H40N2O3Si. The minimum Gasteiger partial charge on any atom is -0.444 e. The number of amides is 1. The molecule has 35 heavy (non-hydrogen) atoms. The Balaban J connectivity index is 1.92. The van der Waals surface area contributed by atoms with E-state index in [1.165, 1.54) is 0 Å². The fraction of sp³-hybridized carbons (Fsp3) is 0.517. The van der Waals surface area contributed by atoms with Crippen molar-refractivity contribution in [3.05, 3.63) is 60.7 Å². The molecule has 0 aromatic heterocycles. The van der Waals surface area contributed by atoms with Crippen LogP contribution in [-0.4, -0.2) is 30.8 Å². The van der Waals surface area contributed by atoms with E-state index < -0.39 is 25.0 Å². The second-order valence-corrected chi connectivity index (χ2v) is 15.5. The minimum absolute atomic E-state index is 0.0963. The van der Waals surface area contributed by atoms with Gasteiger partial charge in [0.2, 0.25) is 0 Å². The highest BCUT2D eigenvalue weighted by atomic mass is 28.4. The molecule has 1 aliphatic rings. The van der Waals surface area contributed by atoms with Gasteiger partial charge in [-0.1, -0.05) is 74.5 Å². The largest absolute Gasteiger partial charge is 0.444 e. The molecule has 0 bridgehead atoms. The van der Waals surface area contributed by atoms with E-state index in [1.807, 2.05) is 81.4 Å². The predicted octanol–water partition coefficient (Wildman–Crippen LogP) is 5.13. The highest BCUT2D eigenvalue weighted by Crippen LogP contribution is 2.46.